The van der Waals surface area contributed by atoms with Crippen molar-refractivity contribution in [2.45, 2.75) is 25.0 Å². The van der Waals surface area contributed by atoms with Crippen molar-refractivity contribution in [3.05, 3.63) is 60.2 Å². The zero-order valence-corrected chi connectivity index (χ0v) is 14.1. The highest BCUT2D eigenvalue weighted by molar-refractivity contribution is 5.95. The van der Waals surface area contributed by atoms with Crippen LogP contribution in [0.25, 0.3) is 11.1 Å². The summed E-state index contributed by atoms with van der Waals surface area (Å²) in [7, 11) is 1.32. The summed E-state index contributed by atoms with van der Waals surface area (Å²) in [5.74, 6) is -0.554. The lowest BCUT2D eigenvalue weighted by Gasteiger charge is -2.23. The number of aliphatic hydroxyl groups excluding tert-OH is 1. The molecule has 0 aromatic heterocycles. The lowest BCUT2D eigenvalue weighted by molar-refractivity contribution is -0.141. The third-order valence-electron chi connectivity index (χ3n) is 4.52. The second kappa shape index (κ2) is 7.49. The number of benzene rings is 2. The van der Waals surface area contributed by atoms with Crippen molar-refractivity contribution in [3.8, 4) is 11.1 Å². The molecule has 0 saturated carbocycles. The third kappa shape index (κ3) is 3.88. The first-order chi connectivity index (χ1) is 12.1. The van der Waals surface area contributed by atoms with Gasteiger partial charge in [-0.2, -0.15) is 0 Å². The van der Waals surface area contributed by atoms with E-state index in [1.54, 1.807) is 17.0 Å². The summed E-state index contributed by atoms with van der Waals surface area (Å²) in [4.78, 5) is 25.9. The first-order valence-electron chi connectivity index (χ1n) is 8.30. The fourth-order valence-electron chi connectivity index (χ4n) is 3.21. The Morgan fingerprint density at radius 2 is 1.72 bits per heavy atom. The number of rotatable bonds is 4. The highest BCUT2D eigenvalue weighted by Gasteiger charge is 2.36. The van der Waals surface area contributed by atoms with Crippen molar-refractivity contribution in [1.29, 1.82) is 0 Å². The van der Waals surface area contributed by atoms with E-state index in [4.69, 9.17) is 0 Å². The molecule has 2 atom stereocenters. The molecule has 1 aliphatic rings. The largest absolute Gasteiger partial charge is 0.469 e. The number of methoxy groups -OCH3 is 1. The van der Waals surface area contributed by atoms with Crippen molar-refractivity contribution >= 4 is 11.9 Å². The molecule has 130 valence electrons. The molecule has 0 bridgehead atoms. The number of carbonyl (C=O) groups is 2. The number of esters is 1. The normalized spacial score (nSPS) is 19.7. The molecule has 0 radical (unpaired) electrons. The molecule has 0 spiro atoms. The molecule has 3 rings (SSSR count). The van der Waals surface area contributed by atoms with E-state index in [2.05, 4.69) is 4.74 Å². The van der Waals surface area contributed by atoms with Gasteiger partial charge < -0.3 is 14.7 Å². The van der Waals surface area contributed by atoms with Crippen molar-refractivity contribution in [1.82, 2.24) is 4.90 Å². The molecule has 0 aliphatic carbocycles. The van der Waals surface area contributed by atoms with Gasteiger partial charge in [-0.25, -0.2) is 0 Å². The molecular weight excluding hydrogens is 318 g/mol. The van der Waals surface area contributed by atoms with Gasteiger partial charge in [0.1, 0.15) is 0 Å². The number of likely N-dealkylation sites (tertiary alicyclic amines) is 1. The van der Waals surface area contributed by atoms with Crippen LogP contribution in [-0.2, 0) is 9.53 Å². The molecule has 2 aromatic carbocycles. The van der Waals surface area contributed by atoms with Gasteiger partial charge in [-0.3, -0.25) is 9.59 Å². The summed E-state index contributed by atoms with van der Waals surface area (Å²) in [5.41, 5.74) is 2.66. The summed E-state index contributed by atoms with van der Waals surface area (Å²) < 4.78 is 4.69. The van der Waals surface area contributed by atoms with Crippen molar-refractivity contribution in [2.24, 2.45) is 0 Å². The minimum Gasteiger partial charge on any atom is -0.469 e. The first-order valence-corrected chi connectivity index (χ1v) is 8.30. The highest BCUT2D eigenvalue weighted by Crippen LogP contribution is 2.25. The summed E-state index contributed by atoms with van der Waals surface area (Å²) in [6, 6.07) is 17.0. The second-order valence-corrected chi connectivity index (χ2v) is 6.22. The highest BCUT2D eigenvalue weighted by atomic mass is 16.5. The van der Waals surface area contributed by atoms with E-state index >= 15 is 0 Å². The second-order valence-electron chi connectivity index (χ2n) is 6.22. The van der Waals surface area contributed by atoms with Crippen LogP contribution in [0.3, 0.4) is 0 Å². The van der Waals surface area contributed by atoms with E-state index in [1.165, 1.54) is 7.11 Å². The molecule has 2 aromatic rings. The summed E-state index contributed by atoms with van der Waals surface area (Å²) in [6.45, 7) is 0.237. The molecule has 1 aliphatic heterocycles. The van der Waals surface area contributed by atoms with E-state index in [0.717, 1.165) is 11.1 Å². The van der Waals surface area contributed by atoms with Gasteiger partial charge >= 0.3 is 5.97 Å². The minimum atomic E-state index is -0.609. The average Bonchev–Trinajstić information content (AvgIpc) is 3.02. The maximum absolute atomic E-state index is 12.8. The molecule has 1 N–H and O–H groups in total. The number of ether oxygens (including phenoxy) is 1. The molecule has 1 amide bonds. The number of β-amino-alcohol motifs (C(OH)–C–C–N with tert-alkyl or cyclic N) is 1. The lowest BCUT2D eigenvalue weighted by Crippen LogP contribution is -2.37. The van der Waals surface area contributed by atoms with Gasteiger partial charge in [0.15, 0.2) is 0 Å². The molecule has 1 saturated heterocycles. The molecule has 5 heteroatoms. The Kier molecular flexibility index (Phi) is 5.14. The Hall–Kier alpha value is -2.66. The van der Waals surface area contributed by atoms with Gasteiger partial charge in [0.05, 0.1) is 19.6 Å². The van der Waals surface area contributed by atoms with Gasteiger partial charge in [0, 0.05) is 18.2 Å². The summed E-state index contributed by atoms with van der Waals surface area (Å²) >= 11 is 0. The van der Waals surface area contributed by atoms with E-state index < -0.39 is 6.10 Å². The number of carbonyl (C=O) groups excluding carboxylic acids is 2. The zero-order valence-electron chi connectivity index (χ0n) is 14.1. The van der Waals surface area contributed by atoms with Crippen LogP contribution in [0.2, 0.25) is 0 Å². The van der Waals surface area contributed by atoms with Gasteiger partial charge in [-0.15, -0.1) is 0 Å². The van der Waals surface area contributed by atoms with E-state index in [1.807, 2.05) is 42.5 Å². The van der Waals surface area contributed by atoms with Crippen LogP contribution in [0.4, 0.5) is 0 Å². The van der Waals surface area contributed by atoms with E-state index in [9.17, 15) is 14.7 Å². The van der Waals surface area contributed by atoms with Crippen LogP contribution in [0, 0.1) is 0 Å². The number of amides is 1. The predicted octanol–water partition coefficient (Wildman–Crippen LogP) is 2.49. The van der Waals surface area contributed by atoms with Crippen LogP contribution in [0.15, 0.2) is 54.6 Å². The number of aliphatic hydroxyl groups is 1. The summed E-state index contributed by atoms with van der Waals surface area (Å²) in [6.07, 6.45) is -0.119. The molecule has 1 fully saturated rings. The van der Waals surface area contributed by atoms with Crippen LogP contribution in [0.1, 0.15) is 23.2 Å². The minimum absolute atomic E-state index is 0.0986. The van der Waals surface area contributed by atoms with Crippen LogP contribution in [-0.4, -0.2) is 47.7 Å². The Balaban J connectivity index is 1.76. The Bertz CT molecular complexity index is 742. The third-order valence-corrected chi connectivity index (χ3v) is 4.52. The standard InChI is InChI=1S/C20H21NO4/c1-25-19(23)12-17-11-18(22)13-21(17)20(24)16-9-7-15(8-10-16)14-5-3-2-4-6-14/h2-10,17-18,22H,11-13H2,1H3. The predicted molar refractivity (Wildman–Crippen MR) is 94.0 cm³/mol. The Labute approximate surface area is 146 Å². The molecule has 1 heterocycles. The smallest absolute Gasteiger partial charge is 0.307 e. The Morgan fingerprint density at radius 1 is 1.08 bits per heavy atom. The number of hydrogen-bond donors (Lipinski definition) is 1. The molecule has 2 unspecified atom stereocenters. The van der Waals surface area contributed by atoms with Crippen LogP contribution >= 0.6 is 0 Å². The molecular formula is C20H21NO4. The Morgan fingerprint density at radius 3 is 2.36 bits per heavy atom. The maximum atomic E-state index is 12.8. The van der Waals surface area contributed by atoms with E-state index in [0.29, 0.717) is 12.0 Å². The summed E-state index contributed by atoms with van der Waals surface area (Å²) in [5, 5.41) is 9.90. The number of hydrogen-bond acceptors (Lipinski definition) is 4. The van der Waals surface area contributed by atoms with E-state index in [-0.39, 0.29) is 30.9 Å². The van der Waals surface area contributed by atoms with Gasteiger partial charge in [0.2, 0.25) is 0 Å². The van der Waals surface area contributed by atoms with Gasteiger partial charge in [-0.05, 0) is 29.7 Å². The fraction of sp³-hybridized carbons (Fsp3) is 0.300. The monoisotopic (exact) mass is 339 g/mol. The van der Waals surface area contributed by atoms with Gasteiger partial charge in [-0.1, -0.05) is 42.5 Å². The fourth-order valence-corrected chi connectivity index (χ4v) is 3.21. The van der Waals surface area contributed by atoms with Gasteiger partial charge in [0.25, 0.3) is 5.91 Å². The van der Waals surface area contributed by atoms with Crippen molar-refractivity contribution < 1.29 is 19.4 Å². The van der Waals surface area contributed by atoms with Crippen LogP contribution < -0.4 is 0 Å². The topological polar surface area (TPSA) is 66.8 Å². The quantitative estimate of drug-likeness (QED) is 0.869. The molecule has 25 heavy (non-hydrogen) atoms. The van der Waals surface area contributed by atoms with Crippen molar-refractivity contribution in [3.63, 3.8) is 0 Å². The lowest BCUT2D eigenvalue weighted by atomic mass is 10.0. The SMILES string of the molecule is COC(=O)CC1CC(O)CN1C(=O)c1ccc(-c2ccccc2)cc1. The van der Waals surface area contributed by atoms with Crippen molar-refractivity contribution in [2.75, 3.05) is 13.7 Å². The zero-order chi connectivity index (χ0) is 17.8. The first kappa shape index (κ1) is 17.2. The maximum Gasteiger partial charge on any atom is 0.307 e. The average molecular weight is 339 g/mol. The molecule has 5 nitrogen and oxygen atoms in total. The van der Waals surface area contributed by atoms with Crippen LogP contribution in [0.5, 0.6) is 0 Å². The number of nitrogens with zero attached hydrogens (tertiary/aromatic N) is 1.